The molecule has 4 fully saturated rings. The first-order valence-corrected chi connectivity index (χ1v) is 10.9. The highest BCUT2D eigenvalue weighted by atomic mass is 16.5. The zero-order valence-corrected chi connectivity index (χ0v) is 16.0. The molecule has 1 aliphatic heterocycles. The first kappa shape index (κ1) is 15.9. The van der Waals surface area contributed by atoms with Gasteiger partial charge in [-0.1, -0.05) is 31.2 Å². The molecule has 0 aromatic rings. The van der Waals surface area contributed by atoms with Gasteiger partial charge >= 0.3 is 0 Å². The third-order valence-electron chi connectivity index (χ3n) is 9.48. The van der Waals surface area contributed by atoms with Crippen LogP contribution in [0.15, 0.2) is 36.0 Å². The molecule has 138 valence electrons. The smallest absolute Gasteiger partial charge is 0.0957 e. The van der Waals surface area contributed by atoms with Crippen molar-refractivity contribution in [1.82, 2.24) is 0 Å². The van der Waals surface area contributed by atoms with Crippen molar-refractivity contribution in [3.05, 3.63) is 36.0 Å². The summed E-state index contributed by atoms with van der Waals surface area (Å²) in [5.74, 6) is 4.82. The normalized spacial score (nSPS) is 53.8. The molecule has 4 saturated carbocycles. The summed E-state index contributed by atoms with van der Waals surface area (Å²) >= 11 is 0. The van der Waals surface area contributed by atoms with Crippen molar-refractivity contribution in [2.45, 2.75) is 57.5 Å². The second-order valence-corrected chi connectivity index (χ2v) is 9.99. The van der Waals surface area contributed by atoms with Crippen molar-refractivity contribution in [2.75, 3.05) is 6.61 Å². The molecule has 0 amide bonds. The molecule has 6 rings (SSSR count). The zero-order valence-electron chi connectivity index (χ0n) is 16.0. The van der Waals surface area contributed by atoms with E-state index in [0.29, 0.717) is 11.3 Å². The minimum atomic E-state index is 0.0637. The van der Waals surface area contributed by atoms with Crippen LogP contribution in [0.5, 0.6) is 0 Å². The minimum Gasteiger partial charge on any atom is -0.366 e. The minimum absolute atomic E-state index is 0.0637. The number of hydrogen-bond donors (Lipinski definition) is 1. The predicted molar refractivity (Wildman–Crippen MR) is 104 cm³/mol. The molecule has 0 aromatic carbocycles. The summed E-state index contributed by atoms with van der Waals surface area (Å²) in [5.41, 5.74) is 4.06. The fourth-order valence-corrected chi connectivity index (χ4v) is 8.65. The van der Waals surface area contributed by atoms with Gasteiger partial charge in [0.05, 0.1) is 12.2 Å². The fourth-order valence-electron chi connectivity index (χ4n) is 8.65. The maximum atomic E-state index is 8.12. The van der Waals surface area contributed by atoms with E-state index in [1.807, 2.05) is 0 Å². The maximum Gasteiger partial charge on any atom is 0.0957 e. The fraction of sp³-hybridized carbons (Fsp3) is 0.708. The summed E-state index contributed by atoms with van der Waals surface area (Å²) in [6.45, 7) is 7.76. The van der Waals surface area contributed by atoms with Crippen LogP contribution in [0.4, 0.5) is 0 Å². The van der Waals surface area contributed by atoms with E-state index >= 15 is 0 Å². The number of hydrogen-bond acceptors (Lipinski definition) is 2. The molecular weight excluding hydrogens is 318 g/mol. The molecule has 2 nitrogen and oxygen atoms in total. The Bertz CT molecular complexity index is 762. The molecule has 5 aliphatic carbocycles. The van der Waals surface area contributed by atoms with E-state index in [-0.39, 0.29) is 5.60 Å². The van der Waals surface area contributed by atoms with Crippen LogP contribution in [0.25, 0.3) is 0 Å². The molecule has 1 heterocycles. The van der Waals surface area contributed by atoms with Crippen LogP contribution in [0.2, 0.25) is 0 Å². The van der Waals surface area contributed by atoms with Crippen LogP contribution >= 0.6 is 0 Å². The third-order valence-corrected chi connectivity index (χ3v) is 9.48. The molecule has 5 unspecified atom stereocenters. The highest BCUT2D eigenvalue weighted by molar-refractivity contribution is 5.94. The monoisotopic (exact) mass is 349 g/mol. The summed E-state index contributed by atoms with van der Waals surface area (Å²) in [5, 5.41) is 8.12. The molecular formula is C24H31NO. The molecule has 6 aliphatic rings. The van der Waals surface area contributed by atoms with E-state index in [4.69, 9.17) is 10.1 Å². The van der Waals surface area contributed by atoms with E-state index in [2.05, 4.69) is 31.7 Å². The Balaban J connectivity index is 1.43. The lowest BCUT2D eigenvalue weighted by Gasteiger charge is -2.58. The van der Waals surface area contributed by atoms with Crippen molar-refractivity contribution in [2.24, 2.45) is 40.9 Å². The third kappa shape index (κ3) is 1.67. The summed E-state index contributed by atoms with van der Waals surface area (Å²) in [4.78, 5) is 0. The SMILES string of the molecule is C=C1CC2C(CC[C@@]3(CC)C2C2CC2[C@@]32C=CCO2)[C@H]2CCC(=N)C=C12. The van der Waals surface area contributed by atoms with Gasteiger partial charge in [-0.05, 0) is 92.1 Å². The molecule has 0 radical (unpaired) electrons. The Hall–Kier alpha value is -1.15. The molecule has 1 spiro atoms. The van der Waals surface area contributed by atoms with Crippen molar-refractivity contribution in [3.63, 3.8) is 0 Å². The largest absolute Gasteiger partial charge is 0.366 e. The maximum absolute atomic E-state index is 8.12. The average Bonchev–Trinajstić information content (AvgIpc) is 3.21. The topological polar surface area (TPSA) is 33.1 Å². The van der Waals surface area contributed by atoms with Gasteiger partial charge < -0.3 is 10.1 Å². The highest BCUT2D eigenvalue weighted by Gasteiger charge is 2.77. The number of rotatable bonds is 1. The predicted octanol–water partition coefficient (Wildman–Crippen LogP) is 5.32. The summed E-state index contributed by atoms with van der Waals surface area (Å²) in [6, 6.07) is 0. The van der Waals surface area contributed by atoms with Gasteiger partial charge in [-0.15, -0.1) is 0 Å². The Morgan fingerprint density at radius 1 is 1.27 bits per heavy atom. The van der Waals surface area contributed by atoms with Crippen LogP contribution in [0.3, 0.4) is 0 Å². The van der Waals surface area contributed by atoms with Crippen LogP contribution in [0.1, 0.15) is 51.9 Å². The van der Waals surface area contributed by atoms with Gasteiger partial charge in [-0.3, -0.25) is 0 Å². The van der Waals surface area contributed by atoms with Gasteiger partial charge in [0, 0.05) is 11.1 Å². The number of ether oxygens (including phenoxy) is 1. The van der Waals surface area contributed by atoms with Gasteiger partial charge in [0.1, 0.15) is 0 Å². The lowest BCUT2D eigenvalue weighted by molar-refractivity contribution is -0.140. The molecule has 26 heavy (non-hydrogen) atoms. The second kappa shape index (κ2) is 5.01. The van der Waals surface area contributed by atoms with E-state index < -0.39 is 0 Å². The summed E-state index contributed by atoms with van der Waals surface area (Å²) in [7, 11) is 0. The average molecular weight is 350 g/mol. The number of nitrogens with one attached hydrogen (secondary N) is 1. The molecule has 1 N–H and O–H groups in total. The number of fused-ring (bicyclic) bond motifs is 9. The van der Waals surface area contributed by atoms with E-state index in [0.717, 1.165) is 48.3 Å². The van der Waals surface area contributed by atoms with Crippen molar-refractivity contribution in [1.29, 1.82) is 5.41 Å². The number of allylic oxidation sites excluding steroid dienone is 3. The van der Waals surface area contributed by atoms with Crippen molar-refractivity contribution >= 4 is 5.71 Å². The quantitative estimate of drug-likeness (QED) is 0.639. The van der Waals surface area contributed by atoms with Crippen LogP contribution in [-0.4, -0.2) is 17.9 Å². The van der Waals surface area contributed by atoms with Gasteiger partial charge in [-0.2, -0.15) is 0 Å². The van der Waals surface area contributed by atoms with Crippen LogP contribution in [0, 0.1) is 46.3 Å². The lowest BCUT2D eigenvalue weighted by Crippen LogP contribution is -2.56. The Kier molecular flexibility index (Phi) is 3.06. The molecule has 2 heteroatoms. The lowest BCUT2D eigenvalue weighted by atomic mass is 9.47. The zero-order chi connectivity index (χ0) is 17.7. The van der Waals surface area contributed by atoms with E-state index in [1.165, 1.54) is 49.7 Å². The van der Waals surface area contributed by atoms with Crippen molar-refractivity contribution < 1.29 is 4.74 Å². The van der Waals surface area contributed by atoms with Gasteiger partial charge in [-0.25, -0.2) is 0 Å². The highest BCUT2D eigenvalue weighted by Crippen LogP contribution is 2.78. The second-order valence-electron chi connectivity index (χ2n) is 9.99. The van der Waals surface area contributed by atoms with E-state index in [9.17, 15) is 0 Å². The van der Waals surface area contributed by atoms with Crippen LogP contribution in [-0.2, 0) is 4.74 Å². The van der Waals surface area contributed by atoms with Crippen LogP contribution < -0.4 is 0 Å². The molecule has 0 bridgehead atoms. The van der Waals surface area contributed by atoms with E-state index in [1.54, 1.807) is 0 Å². The van der Waals surface area contributed by atoms with Gasteiger partial charge in [0.15, 0.2) is 0 Å². The first-order chi connectivity index (χ1) is 12.6. The first-order valence-electron chi connectivity index (χ1n) is 10.9. The molecule has 0 saturated heterocycles. The molecule has 8 atom stereocenters. The Labute approximate surface area is 157 Å². The summed E-state index contributed by atoms with van der Waals surface area (Å²) in [6.07, 6.45) is 15.7. The Morgan fingerprint density at radius 3 is 2.92 bits per heavy atom. The standard InChI is InChI=1S/C24H31NO/c1-3-23-9-7-17-16-6-5-15(25)12-18(16)14(2)11-19(17)22(23)20-13-21(20)24(23)8-4-10-26-24/h4,8,12,16-17,19-22,25H,2-3,5-7,9-11,13H2,1H3/t16-,17?,19?,20?,21?,22?,23+,24+/m1/s1. The van der Waals surface area contributed by atoms with Crippen molar-refractivity contribution in [3.8, 4) is 0 Å². The summed E-state index contributed by atoms with van der Waals surface area (Å²) < 4.78 is 6.57. The molecule has 0 aromatic heterocycles. The Morgan fingerprint density at radius 2 is 2.15 bits per heavy atom. The van der Waals surface area contributed by atoms with Gasteiger partial charge in [0.2, 0.25) is 0 Å². The van der Waals surface area contributed by atoms with Gasteiger partial charge in [0.25, 0.3) is 0 Å².